The van der Waals surface area contributed by atoms with Crippen LogP contribution in [0.5, 0.6) is 0 Å². The number of hydrogen-bond acceptors (Lipinski definition) is 4. The summed E-state index contributed by atoms with van der Waals surface area (Å²) < 4.78 is 33.7. The van der Waals surface area contributed by atoms with E-state index in [1.54, 1.807) is 6.20 Å². The Morgan fingerprint density at radius 3 is 3.06 bits per heavy atom. The molecule has 1 rings (SSSR count). The number of rotatable bonds is 9. The Morgan fingerprint density at radius 2 is 2.35 bits per heavy atom. The molecule has 0 amide bonds. The molecule has 0 aliphatic heterocycles. The minimum absolute atomic E-state index is 0.224. The molecule has 1 aromatic heterocycles. The normalized spacial score (nSPS) is 11.3. The third kappa shape index (κ3) is 6.33. The second-order valence-electron chi connectivity index (χ2n) is 3.61. The summed E-state index contributed by atoms with van der Waals surface area (Å²) in [5.41, 5.74) is 0. The summed E-state index contributed by atoms with van der Waals surface area (Å²) in [6.07, 6.45) is 0.704. The summed E-state index contributed by atoms with van der Waals surface area (Å²) in [4.78, 5) is 4.07. The fraction of sp³-hybridized carbons (Fsp3) is 0.727. The summed E-state index contributed by atoms with van der Waals surface area (Å²) >= 11 is 0. The van der Waals surface area contributed by atoms with Gasteiger partial charge >= 0.3 is 0 Å². The number of hydrogen-bond donors (Lipinski definition) is 1. The van der Waals surface area contributed by atoms with E-state index in [4.69, 9.17) is 9.15 Å². The SMILES string of the molecule is CCCNCc1ncc(CCOCC(F)F)o1. The van der Waals surface area contributed by atoms with Gasteiger partial charge in [0, 0.05) is 6.42 Å². The summed E-state index contributed by atoms with van der Waals surface area (Å²) in [6.45, 7) is 3.27. The molecule has 17 heavy (non-hydrogen) atoms. The fourth-order valence-electron chi connectivity index (χ4n) is 1.26. The summed E-state index contributed by atoms with van der Waals surface area (Å²) in [5, 5.41) is 3.16. The minimum atomic E-state index is -2.42. The lowest BCUT2D eigenvalue weighted by molar-refractivity contribution is 0.0176. The Bertz CT molecular complexity index is 305. The first-order valence-electron chi connectivity index (χ1n) is 5.72. The van der Waals surface area contributed by atoms with Gasteiger partial charge in [-0.25, -0.2) is 13.8 Å². The molecule has 98 valence electrons. The summed E-state index contributed by atoms with van der Waals surface area (Å²) in [7, 11) is 0. The highest BCUT2D eigenvalue weighted by atomic mass is 19.3. The van der Waals surface area contributed by atoms with Crippen molar-refractivity contribution < 1.29 is 17.9 Å². The smallest absolute Gasteiger partial charge is 0.261 e. The van der Waals surface area contributed by atoms with E-state index in [2.05, 4.69) is 17.2 Å². The molecule has 1 heterocycles. The molecule has 0 saturated heterocycles. The Kier molecular flexibility index (Phi) is 6.73. The maximum atomic E-state index is 11.8. The zero-order chi connectivity index (χ0) is 12.5. The first-order chi connectivity index (χ1) is 8.22. The van der Waals surface area contributed by atoms with Crippen LogP contribution in [-0.2, 0) is 17.7 Å². The van der Waals surface area contributed by atoms with Gasteiger partial charge in [-0.05, 0) is 13.0 Å². The van der Waals surface area contributed by atoms with Crippen LogP contribution in [0.15, 0.2) is 10.6 Å². The van der Waals surface area contributed by atoms with Gasteiger partial charge < -0.3 is 14.5 Å². The van der Waals surface area contributed by atoms with Gasteiger partial charge in [0.25, 0.3) is 6.43 Å². The molecule has 0 aromatic carbocycles. The number of ether oxygens (including phenoxy) is 1. The van der Waals surface area contributed by atoms with Crippen LogP contribution in [0.4, 0.5) is 8.78 Å². The van der Waals surface area contributed by atoms with Crippen LogP contribution < -0.4 is 5.32 Å². The summed E-state index contributed by atoms with van der Waals surface area (Å²) in [6, 6.07) is 0. The van der Waals surface area contributed by atoms with Crippen LogP contribution >= 0.6 is 0 Å². The first kappa shape index (κ1) is 14.1. The van der Waals surface area contributed by atoms with Gasteiger partial charge in [0.2, 0.25) is 5.89 Å². The second kappa shape index (κ2) is 8.14. The standard InChI is InChI=1S/C11H18F2N2O2/c1-2-4-14-7-11-15-6-9(17-11)3-5-16-8-10(12)13/h6,10,14H,2-5,7-8H2,1H3. The van der Waals surface area contributed by atoms with E-state index >= 15 is 0 Å². The van der Waals surface area contributed by atoms with E-state index in [9.17, 15) is 8.78 Å². The van der Waals surface area contributed by atoms with E-state index in [0.29, 0.717) is 24.6 Å². The van der Waals surface area contributed by atoms with Crippen LogP contribution in [0.1, 0.15) is 25.0 Å². The maximum absolute atomic E-state index is 11.8. The molecule has 0 atom stereocenters. The lowest BCUT2D eigenvalue weighted by atomic mass is 10.4. The van der Waals surface area contributed by atoms with E-state index in [-0.39, 0.29) is 6.61 Å². The van der Waals surface area contributed by atoms with Crippen molar-refractivity contribution in [2.24, 2.45) is 0 Å². The molecule has 0 radical (unpaired) electrons. The molecule has 4 nitrogen and oxygen atoms in total. The number of oxazole rings is 1. The van der Waals surface area contributed by atoms with Crippen molar-refractivity contribution >= 4 is 0 Å². The molecule has 0 saturated carbocycles. The number of nitrogens with zero attached hydrogens (tertiary/aromatic N) is 1. The van der Waals surface area contributed by atoms with Crippen LogP contribution in [0.3, 0.4) is 0 Å². The quantitative estimate of drug-likeness (QED) is 0.679. The fourth-order valence-corrected chi connectivity index (χ4v) is 1.26. The van der Waals surface area contributed by atoms with Crippen molar-refractivity contribution in [1.82, 2.24) is 10.3 Å². The second-order valence-corrected chi connectivity index (χ2v) is 3.61. The topological polar surface area (TPSA) is 47.3 Å². The zero-order valence-electron chi connectivity index (χ0n) is 9.92. The lowest BCUT2D eigenvalue weighted by Gasteiger charge is -2.01. The maximum Gasteiger partial charge on any atom is 0.261 e. The lowest BCUT2D eigenvalue weighted by Crippen LogP contribution is -2.13. The van der Waals surface area contributed by atoms with Crippen molar-refractivity contribution in [1.29, 1.82) is 0 Å². The van der Waals surface area contributed by atoms with Crippen LogP contribution in [0.25, 0.3) is 0 Å². The van der Waals surface area contributed by atoms with Gasteiger partial charge in [0.05, 0.1) is 19.3 Å². The van der Waals surface area contributed by atoms with Gasteiger partial charge in [-0.3, -0.25) is 0 Å². The van der Waals surface area contributed by atoms with Crippen molar-refractivity contribution in [3.63, 3.8) is 0 Å². The predicted octanol–water partition coefficient (Wildman–Crippen LogP) is 2.00. The van der Waals surface area contributed by atoms with Crippen molar-refractivity contribution in [2.45, 2.75) is 32.7 Å². The van der Waals surface area contributed by atoms with E-state index in [1.165, 1.54) is 0 Å². The molecule has 0 bridgehead atoms. The van der Waals surface area contributed by atoms with Crippen molar-refractivity contribution in [3.8, 4) is 0 Å². The Labute approximate surface area is 99.4 Å². The molecule has 1 N–H and O–H groups in total. The van der Waals surface area contributed by atoms with Gasteiger partial charge in [0.15, 0.2) is 0 Å². The Morgan fingerprint density at radius 1 is 1.53 bits per heavy atom. The highest BCUT2D eigenvalue weighted by molar-refractivity contribution is 4.94. The molecular weight excluding hydrogens is 230 g/mol. The monoisotopic (exact) mass is 248 g/mol. The van der Waals surface area contributed by atoms with E-state index < -0.39 is 13.0 Å². The van der Waals surface area contributed by atoms with Crippen molar-refractivity contribution in [3.05, 3.63) is 17.8 Å². The molecule has 0 aliphatic carbocycles. The average molecular weight is 248 g/mol. The highest BCUT2D eigenvalue weighted by Gasteiger charge is 2.05. The Balaban J connectivity index is 2.16. The molecular formula is C11H18F2N2O2. The number of halogens is 2. The first-order valence-corrected chi connectivity index (χ1v) is 5.72. The molecule has 1 aromatic rings. The summed E-state index contributed by atoms with van der Waals surface area (Å²) in [5.74, 6) is 1.27. The van der Waals surface area contributed by atoms with Gasteiger partial charge in [-0.15, -0.1) is 0 Å². The van der Waals surface area contributed by atoms with E-state index in [1.807, 2.05) is 0 Å². The zero-order valence-corrected chi connectivity index (χ0v) is 9.92. The van der Waals surface area contributed by atoms with Crippen LogP contribution in [0, 0.1) is 0 Å². The van der Waals surface area contributed by atoms with Crippen molar-refractivity contribution in [2.75, 3.05) is 19.8 Å². The molecule has 6 heteroatoms. The van der Waals surface area contributed by atoms with Gasteiger partial charge in [0.1, 0.15) is 12.4 Å². The molecule has 0 fully saturated rings. The Hall–Kier alpha value is -1.01. The average Bonchev–Trinajstić information content (AvgIpc) is 2.73. The van der Waals surface area contributed by atoms with E-state index in [0.717, 1.165) is 13.0 Å². The predicted molar refractivity (Wildman–Crippen MR) is 59.0 cm³/mol. The van der Waals surface area contributed by atoms with Crippen LogP contribution in [-0.4, -0.2) is 31.2 Å². The van der Waals surface area contributed by atoms with Gasteiger partial charge in [-0.1, -0.05) is 6.92 Å². The van der Waals surface area contributed by atoms with Gasteiger partial charge in [-0.2, -0.15) is 0 Å². The molecule has 0 spiro atoms. The van der Waals surface area contributed by atoms with Crippen LogP contribution in [0.2, 0.25) is 0 Å². The molecule has 0 aliphatic rings. The number of aromatic nitrogens is 1. The largest absolute Gasteiger partial charge is 0.444 e. The molecule has 0 unspecified atom stereocenters. The third-order valence-electron chi connectivity index (χ3n) is 2.04. The third-order valence-corrected chi connectivity index (χ3v) is 2.04. The minimum Gasteiger partial charge on any atom is -0.444 e. The number of nitrogens with one attached hydrogen (secondary N) is 1. The number of alkyl halides is 2. The highest BCUT2D eigenvalue weighted by Crippen LogP contribution is 2.05.